The monoisotopic (exact) mass is 543 g/mol. The van der Waals surface area contributed by atoms with Crippen LogP contribution in [0.2, 0.25) is 5.02 Å². The van der Waals surface area contributed by atoms with Crippen molar-refractivity contribution >= 4 is 50.1 Å². The van der Waals surface area contributed by atoms with Crippen LogP contribution in [0.25, 0.3) is 10.8 Å². The summed E-state index contributed by atoms with van der Waals surface area (Å²) in [5.41, 5.74) is 1.11. The number of benzene rings is 3. The first-order chi connectivity index (χ1) is 17.3. The Morgan fingerprint density at radius 3 is 2.22 bits per heavy atom. The number of rotatable bonds is 4. The molecule has 3 aromatic carbocycles. The number of aryl methyl sites for hydroxylation is 1. The molecule has 0 unspecified atom stereocenters. The van der Waals surface area contributed by atoms with Gasteiger partial charge < -0.3 is 9.64 Å². The smallest absolute Gasteiger partial charge is 0.412 e. The van der Waals surface area contributed by atoms with Crippen molar-refractivity contribution in [3.8, 4) is 0 Å². The Labute approximate surface area is 222 Å². The van der Waals surface area contributed by atoms with Crippen LogP contribution >= 0.6 is 11.6 Å². The minimum absolute atomic E-state index is 0.180. The zero-order chi connectivity index (χ0) is 27.0. The highest BCUT2D eigenvalue weighted by Gasteiger charge is 2.31. The lowest BCUT2D eigenvalue weighted by atomic mass is 10.1. The number of piperazine rings is 1. The van der Waals surface area contributed by atoms with E-state index in [1.807, 2.05) is 0 Å². The molecule has 0 atom stereocenters. The second kappa shape index (κ2) is 10.3. The van der Waals surface area contributed by atoms with Gasteiger partial charge in [0.25, 0.3) is 5.91 Å². The summed E-state index contributed by atoms with van der Waals surface area (Å²) in [5.74, 6) is -0.180. The molecule has 0 saturated carbocycles. The molecular weight excluding hydrogens is 514 g/mol. The molecule has 1 fully saturated rings. The number of nitrogens with zero attached hydrogens (tertiary/aromatic N) is 2. The van der Waals surface area contributed by atoms with E-state index in [1.54, 1.807) is 87.2 Å². The minimum atomic E-state index is -3.71. The molecule has 196 valence electrons. The van der Waals surface area contributed by atoms with E-state index in [2.05, 4.69) is 5.32 Å². The molecule has 2 amide bonds. The number of fused-ring (bicyclic) bond motifs is 1. The molecule has 4 rings (SSSR count). The Bertz CT molecular complexity index is 1460. The molecule has 0 aliphatic carbocycles. The van der Waals surface area contributed by atoms with Crippen molar-refractivity contribution in [1.29, 1.82) is 0 Å². The van der Waals surface area contributed by atoms with E-state index in [9.17, 15) is 18.0 Å². The first-order valence-electron chi connectivity index (χ1n) is 11.9. The molecule has 37 heavy (non-hydrogen) atoms. The molecule has 0 spiro atoms. The lowest BCUT2D eigenvalue weighted by molar-refractivity contribution is 0.0635. The molecule has 1 heterocycles. The SMILES string of the molecule is Cc1cc(NC(=O)OC(C)(C)C)ccc1C(=O)N1CCN(S(=O)(=O)c2ccc3cc(Cl)ccc3c2)CC1. The predicted octanol–water partition coefficient (Wildman–Crippen LogP) is 5.30. The van der Waals surface area contributed by atoms with Crippen molar-refractivity contribution in [3.63, 3.8) is 0 Å². The minimum Gasteiger partial charge on any atom is -0.444 e. The van der Waals surface area contributed by atoms with Crippen molar-refractivity contribution in [2.24, 2.45) is 0 Å². The average molecular weight is 544 g/mol. The van der Waals surface area contributed by atoms with E-state index in [1.165, 1.54) is 4.31 Å². The summed E-state index contributed by atoms with van der Waals surface area (Å²) in [6.07, 6.45) is -0.571. The summed E-state index contributed by atoms with van der Waals surface area (Å²) in [6, 6.07) is 15.3. The van der Waals surface area contributed by atoms with Gasteiger partial charge in [-0.05, 0) is 86.5 Å². The highest BCUT2D eigenvalue weighted by atomic mass is 35.5. The van der Waals surface area contributed by atoms with Crippen LogP contribution < -0.4 is 5.32 Å². The number of sulfonamides is 1. The fourth-order valence-electron chi connectivity index (χ4n) is 4.21. The molecule has 1 N–H and O–H groups in total. The summed E-state index contributed by atoms with van der Waals surface area (Å²) in [4.78, 5) is 27.1. The van der Waals surface area contributed by atoms with Crippen molar-refractivity contribution in [1.82, 2.24) is 9.21 Å². The number of hydrogen-bond donors (Lipinski definition) is 1. The van der Waals surface area contributed by atoms with Gasteiger partial charge in [-0.15, -0.1) is 0 Å². The van der Waals surface area contributed by atoms with Crippen molar-refractivity contribution in [2.45, 2.75) is 38.2 Å². The Balaban J connectivity index is 1.41. The lowest BCUT2D eigenvalue weighted by Gasteiger charge is -2.34. The normalized spacial score (nSPS) is 15.0. The summed E-state index contributed by atoms with van der Waals surface area (Å²) < 4.78 is 33.2. The predicted molar refractivity (Wildman–Crippen MR) is 145 cm³/mol. The number of carbonyl (C=O) groups excluding carboxylic acids is 2. The molecule has 0 aromatic heterocycles. The van der Waals surface area contributed by atoms with Gasteiger partial charge in [-0.3, -0.25) is 10.1 Å². The van der Waals surface area contributed by atoms with E-state index in [4.69, 9.17) is 16.3 Å². The molecule has 0 radical (unpaired) electrons. The first-order valence-corrected chi connectivity index (χ1v) is 13.7. The van der Waals surface area contributed by atoms with Crippen molar-refractivity contribution in [2.75, 3.05) is 31.5 Å². The highest BCUT2D eigenvalue weighted by Crippen LogP contribution is 2.26. The molecule has 0 bridgehead atoms. The molecule has 10 heteroatoms. The van der Waals surface area contributed by atoms with Gasteiger partial charge in [0.05, 0.1) is 4.90 Å². The maximum atomic E-state index is 13.3. The lowest BCUT2D eigenvalue weighted by Crippen LogP contribution is -2.50. The maximum Gasteiger partial charge on any atom is 0.412 e. The molecule has 3 aromatic rings. The van der Waals surface area contributed by atoms with Crippen molar-refractivity contribution < 1.29 is 22.7 Å². The number of nitrogens with one attached hydrogen (secondary N) is 1. The molecule has 8 nitrogen and oxygen atoms in total. The summed E-state index contributed by atoms with van der Waals surface area (Å²) in [5, 5.41) is 4.92. The summed E-state index contributed by atoms with van der Waals surface area (Å²) in [6.45, 7) is 8.08. The zero-order valence-corrected chi connectivity index (χ0v) is 22.8. The van der Waals surface area contributed by atoms with Crippen LogP contribution in [0.4, 0.5) is 10.5 Å². The van der Waals surface area contributed by atoms with E-state index in [0.29, 0.717) is 21.8 Å². The van der Waals surface area contributed by atoms with Crippen LogP contribution in [0, 0.1) is 6.92 Å². The third-order valence-electron chi connectivity index (χ3n) is 6.04. The van der Waals surface area contributed by atoms with E-state index >= 15 is 0 Å². The van der Waals surface area contributed by atoms with Gasteiger partial charge in [0.1, 0.15) is 5.60 Å². The van der Waals surface area contributed by atoms with E-state index < -0.39 is 21.7 Å². The Morgan fingerprint density at radius 1 is 0.919 bits per heavy atom. The summed E-state index contributed by atoms with van der Waals surface area (Å²) >= 11 is 6.03. The number of halogens is 1. The third kappa shape index (κ3) is 6.23. The van der Waals surface area contributed by atoms with Crippen LogP contribution in [0.15, 0.2) is 59.5 Å². The summed E-state index contributed by atoms with van der Waals surface area (Å²) in [7, 11) is -3.71. The fraction of sp³-hybridized carbons (Fsp3) is 0.333. The molecule has 1 saturated heterocycles. The Kier molecular flexibility index (Phi) is 7.50. The Morgan fingerprint density at radius 2 is 1.57 bits per heavy atom. The number of ether oxygens (including phenoxy) is 1. The number of amides is 2. The molecule has 1 aliphatic heterocycles. The van der Waals surface area contributed by atoms with Gasteiger partial charge in [0, 0.05) is 42.5 Å². The van der Waals surface area contributed by atoms with Crippen LogP contribution in [0.1, 0.15) is 36.7 Å². The van der Waals surface area contributed by atoms with Gasteiger partial charge in [0.2, 0.25) is 10.0 Å². The van der Waals surface area contributed by atoms with Crippen molar-refractivity contribution in [3.05, 3.63) is 70.7 Å². The highest BCUT2D eigenvalue weighted by molar-refractivity contribution is 7.89. The maximum absolute atomic E-state index is 13.3. The van der Waals surface area contributed by atoms with Gasteiger partial charge in [-0.25, -0.2) is 13.2 Å². The van der Waals surface area contributed by atoms with E-state index in [-0.39, 0.29) is 37.0 Å². The van der Waals surface area contributed by atoms with E-state index in [0.717, 1.165) is 10.8 Å². The van der Waals surface area contributed by atoms with Crippen LogP contribution in [0.5, 0.6) is 0 Å². The second-order valence-electron chi connectivity index (χ2n) is 10.0. The van der Waals surface area contributed by atoms with Crippen LogP contribution in [0.3, 0.4) is 0 Å². The van der Waals surface area contributed by atoms with Crippen LogP contribution in [-0.2, 0) is 14.8 Å². The Hall–Kier alpha value is -3.14. The third-order valence-corrected chi connectivity index (χ3v) is 8.17. The number of carbonyl (C=O) groups is 2. The van der Waals surface area contributed by atoms with Gasteiger partial charge in [-0.1, -0.05) is 23.7 Å². The van der Waals surface area contributed by atoms with Gasteiger partial charge in [0.15, 0.2) is 0 Å². The number of hydrogen-bond acceptors (Lipinski definition) is 5. The largest absolute Gasteiger partial charge is 0.444 e. The average Bonchev–Trinajstić information content (AvgIpc) is 2.82. The second-order valence-corrected chi connectivity index (χ2v) is 12.4. The van der Waals surface area contributed by atoms with Gasteiger partial charge in [-0.2, -0.15) is 4.31 Å². The van der Waals surface area contributed by atoms with Crippen LogP contribution in [-0.4, -0.2) is 61.4 Å². The first kappa shape index (κ1) is 26.9. The standard InChI is InChI=1S/C27H30ClN3O5S/c1-18-15-22(29-26(33)36-27(2,3)4)8-10-24(18)25(32)30-11-13-31(14-12-30)37(34,35)23-9-6-19-16-21(28)7-5-20(19)17-23/h5-10,15-17H,11-14H2,1-4H3,(H,29,33). The fourth-order valence-corrected chi connectivity index (χ4v) is 5.85. The zero-order valence-electron chi connectivity index (χ0n) is 21.2. The molecule has 1 aliphatic rings. The number of anilines is 1. The topological polar surface area (TPSA) is 96.0 Å². The van der Waals surface area contributed by atoms with Gasteiger partial charge >= 0.3 is 6.09 Å². The molecular formula is C27H30ClN3O5S. The quantitative estimate of drug-likeness (QED) is 0.482.